The SMILES string of the molecule is CCCCc1ccc2c(c1)CCc1c-2ccc(-c2ccc(OC(F)F)cc2)c1F. The summed E-state index contributed by atoms with van der Waals surface area (Å²) in [4.78, 5) is 0. The van der Waals surface area contributed by atoms with Gasteiger partial charge in [-0.15, -0.1) is 0 Å². The molecule has 0 saturated heterocycles. The molecular weight excluding hydrogens is 373 g/mol. The molecule has 0 saturated carbocycles. The van der Waals surface area contributed by atoms with Crippen molar-refractivity contribution in [3.63, 3.8) is 0 Å². The molecule has 0 spiro atoms. The zero-order chi connectivity index (χ0) is 20.4. The molecule has 4 heteroatoms. The van der Waals surface area contributed by atoms with Crippen LogP contribution in [0.4, 0.5) is 13.2 Å². The van der Waals surface area contributed by atoms with E-state index in [1.807, 2.05) is 6.07 Å². The van der Waals surface area contributed by atoms with Gasteiger partial charge in [0.1, 0.15) is 11.6 Å². The Morgan fingerprint density at radius 1 is 0.897 bits per heavy atom. The summed E-state index contributed by atoms with van der Waals surface area (Å²) in [6.45, 7) is -0.683. The van der Waals surface area contributed by atoms with Crippen molar-refractivity contribution in [2.75, 3.05) is 0 Å². The Kier molecular flexibility index (Phi) is 5.61. The van der Waals surface area contributed by atoms with Crippen molar-refractivity contribution < 1.29 is 17.9 Å². The Morgan fingerprint density at radius 2 is 1.62 bits per heavy atom. The molecule has 0 unspecified atom stereocenters. The summed E-state index contributed by atoms with van der Waals surface area (Å²) in [5.41, 5.74) is 6.54. The standard InChI is InChI=1S/C25H23F3O/c1-2-3-4-16-5-11-20-18(15-16)8-12-23-22(20)14-13-21(24(23)26)17-6-9-19(10-7-17)29-25(27)28/h5-7,9-11,13-15,25H,2-4,8,12H2,1H3. The first-order chi connectivity index (χ1) is 14.1. The molecule has 0 heterocycles. The largest absolute Gasteiger partial charge is 0.435 e. The molecule has 1 nitrogen and oxygen atoms in total. The van der Waals surface area contributed by atoms with Crippen LogP contribution in [0.25, 0.3) is 22.3 Å². The molecule has 150 valence electrons. The molecule has 0 amide bonds. The van der Waals surface area contributed by atoms with Crippen LogP contribution in [0, 0.1) is 5.82 Å². The summed E-state index contributed by atoms with van der Waals surface area (Å²) >= 11 is 0. The van der Waals surface area contributed by atoms with Gasteiger partial charge in [0.05, 0.1) is 0 Å². The molecular formula is C25H23F3O. The van der Waals surface area contributed by atoms with Crippen LogP contribution in [0.1, 0.15) is 36.5 Å². The Morgan fingerprint density at radius 3 is 2.34 bits per heavy atom. The average Bonchev–Trinajstić information content (AvgIpc) is 2.72. The van der Waals surface area contributed by atoms with Crippen molar-refractivity contribution in [3.8, 4) is 28.0 Å². The highest BCUT2D eigenvalue weighted by Gasteiger charge is 2.22. The molecule has 29 heavy (non-hydrogen) atoms. The lowest BCUT2D eigenvalue weighted by molar-refractivity contribution is -0.0498. The number of aryl methyl sites for hydroxylation is 2. The second kappa shape index (κ2) is 8.32. The summed E-state index contributed by atoms with van der Waals surface area (Å²) in [7, 11) is 0. The molecule has 0 bridgehead atoms. The van der Waals surface area contributed by atoms with Gasteiger partial charge < -0.3 is 4.74 Å². The predicted octanol–water partition coefficient (Wildman–Crippen LogP) is 7.20. The van der Waals surface area contributed by atoms with E-state index >= 15 is 4.39 Å². The van der Waals surface area contributed by atoms with E-state index in [1.54, 1.807) is 18.2 Å². The maximum atomic E-state index is 15.3. The fourth-order valence-corrected chi connectivity index (χ4v) is 4.07. The molecule has 0 atom stereocenters. The first-order valence-electron chi connectivity index (χ1n) is 10.1. The molecule has 0 fully saturated rings. The van der Waals surface area contributed by atoms with Crippen LogP contribution in [-0.4, -0.2) is 6.61 Å². The van der Waals surface area contributed by atoms with Gasteiger partial charge in [0.25, 0.3) is 0 Å². The van der Waals surface area contributed by atoms with Crippen molar-refractivity contribution in [3.05, 3.63) is 77.1 Å². The lowest BCUT2D eigenvalue weighted by Gasteiger charge is -2.22. The van der Waals surface area contributed by atoms with E-state index in [-0.39, 0.29) is 11.6 Å². The molecule has 0 radical (unpaired) electrons. The number of alkyl halides is 2. The first-order valence-corrected chi connectivity index (χ1v) is 10.1. The first kappa shape index (κ1) is 19.6. The fraction of sp³-hybridized carbons (Fsp3) is 0.280. The topological polar surface area (TPSA) is 9.23 Å². The predicted molar refractivity (Wildman–Crippen MR) is 110 cm³/mol. The van der Waals surface area contributed by atoms with Gasteiger partial charge >= 0.3 is 6.61 Å². The number of ether oxygens (including phenoxy) is 1. The van der Waals surface area contributed by atoms with Gasteiger partial charge in [-0.3, -0.25) is 0 Å². The van der Waals surface area contributed by atoms with Crippen LogP contribution in [0.5, 0.6) is 5.75 Å². The van der Waals surface area contributed by atoms with Crippen LogP contribution < -0.4 is 4.74 Å². The van der Waals surface area contributed by atoms with E-state index < -0.39 is 6.61 Å². The molecule has 3 aromatic carbocycles. The van der Waals surface area contributed by atoms with Gasteiger partial charge in [-0.2, -0.15) is 8.78 Å². The molecule has 1 aliphatic carbocycles. The summed E-state index contributed by atoms with van der Waals surface area (Å²) in [5.74, 6) is -0.166. The maximum Gasteiger partial charge on any atom is 0.387 e. The number of hydrogen-bond acceptors (Lipinski definition) is 1. The number of halogens is 3. The van der Waals surface area contributed by atoms with Crippen LogP contribution in [0.3, 0.4) is 0 Å². The van der Waals surface area contributed by atoms with Gasteiger partial charge in [0.2, 0.25) is 0 Å². The van der Waals surface area contributed by atoms with Gasteiger partial charge in [0.15, 0.2) is 0 Å². The minimum Gasteiger partial charge on any atom is -0.435 e. The third kappa shape index (κ3) is 4.02. The van der Waals surface area contributed by atoms with Crippen molar-refractivity contribution in [2.24, 2.45) is 0 Å². The second-order valence-corrected chi connectivity index (χ2v) is 7.45. The van der Waals surface area contributed by atoms with E-state index in [4.69, 9.17) is 0 Å². The van der Waals surface area contributed by atoms with E-state index in [2.05, 4.69) is 29.9 Å². The summed E-state index contributed by atoms with van der Waals surface area (Å²) in [6, 6.07) is 16.4. The van der Waals surface area contributed by atoms with Gasteiger partial charge in [-0.05, 0) is 71.2 Å². The molecule has 0 aliphatic heterocycles. The monoisotopic (exact) mass is 396 g/mol. The Labute approximate surface area is 169 Å². The van der Waals surface area contributed by atoms with Crippen molar-refractivity contribution in [2.45, 2.75) is 45.6 Å². The molecule has 1 aliphatic rings. The smallest absolute Gasteiger partial charge is 0.387 e. The quantitative estimate of drug-likeness (QED) is 0.428. The Balaban J connectivity index is 1.66. The lowest BCUT2D eigenvalue weighted by atomic mass is 9.82. The number of rotatable bonds is 6. The van der Waals surface area contributed by atoms with Crippen molar-refractivity contribution in [1.29, 1.82) is 0 Å². The highest BCUT2D eigenvalue weighted by molar-refractivity contribution is 5.78. The minimum atomic E-state index is -2.87. The third-order valence-electron chi connectivity index (χ3n) is 5.56. The van der Waals surface area contributed by atoms with Gasteiger partial charge in [-0.1, -0.05) is 55.8 Å². The second-order valence-electron chi connectivity index (χ2n) is 7.45. The fourth-order valence-electron chi connectivity index (χ4n) is 4.07. The van der Waals surface area contributed by atoms with E-state index in [9.17, 15) is 8.78 Å². The highest BCUT2D eigenvalue weighted by Crippen LogP contribution is 2.39. The Hall–Kier alpha value is -2.75. The van der Waals surface area contributed by atoms with Gasteiger partial charge in [0, 0.05) is 5.56 Å². The number of benzene rings is 3. The van der Waals surface area contributed by atoms with Gasteiger partial charge in [-0.25, -0.2) is 4.39 Å². The highest BCUT2D eigenvalue weighted by atomic mass is 19.3. The van der Waals surface area contributed by atoms with E-state index in [0.717, 1.165) is 29.5 Å². The normalized spacial score (nSPS) is 12.6. The zero-order valence-corrected chi connectivity index (χ0v) is 16.4. The molecule has 0 N–H and O–H groups in total. The van der Waals surface area contributed by atoms with Crippen LogP contribution in [-0.2, 0) is 19.3 Å². The Bertz CT molecular complexity index is 1010. The number of fused-ring (bicyclic) bond motifs is 3. The molecule has 0 aromatic heterocycles. The average molecular weight is 396 g/mol. The molecule has 3 aromatic rings. The number of unbranched alkanes of at least 4 members (excludes halogenated alkanes) is 1. The summed E-state index contributed by atoms with van der Waals surface area (Å²) < 4.78 is 44.4. The summed E-state index contributed by atoms with van der Waals surface area (Å²) in [6.07, 6.45) is 4.91. The minimum absolute atomic E-state index is 0.0647. The third-order valence-corrected chi connectivity index (χ3v) is 5.56. The summed E-state index contributed by atoms with van der Waals surface area (Å²) in [5, 5.41) is 0. The van der Waals surface area contributed by atoms with E-state index in [1.165, 1.54) is 36.1 Å². The molecule has 4 rings (SSSR count). The van der Waals surface area contributed by atoms with Crippen molar-refractivity contribution in [1.82, 2.24) is 0 Å². The van der Waals surface area contributed by atoms with E-state index in [0.29, 0.717) is 17.5 Å². The zero-order valence-electron chi connectivity index (χ0n) is 16.4. The van der Waals surface area contributed by atoms with Crippen LogP contribution >= 0.6 is 0 Å². The van der Waals surface area contributed by atoms with Crippen LogP contribution in [0.15, 0.2) is 54.6 Å². The number of hydrogen-bond donors (Lipinski definition) is 0. The van der Waals surface area contributed by atoms with Crippen molar-refractivity contribution >= 4 is 0 Å². The van der Waals surface area contributed by atoms with Crippen LogP contribution in [0.2, 0.25) is 0 Å². The maximum absolute atomic E-state index is 15.3. The lowest BCUT2D eigenvalue weighted by Crippen LogP contribution is -2.08.